The molecule has 0 saturated heterocycles. The largest absolute Gasteiger partial charge is 0.471 e. The highest BCUT2D eigenvalue weighted by atomic mass is 16.5. The molecule has 6 heteroatoms. The van der Waals surface area contributed by atoms with Crippen LogP contribution in [0.1, 0.15) is 50.9 Å². The molecule has 0 N–H and O–H groups in total. The van der Waals surface area contributed by atoms with Crippen molar-refractivity contribution in [3.05, 3.63) is 72.1 Å². The fourth-order valence-electron chi connectivity index (χ4n) is 5.59. The van der Waals surface area contributed by atoms with Crippen LogP contribution in [0.25, 0.3) is 21.5 Å². The highest BCUT2D eigenvalue weighted by Gasteiger charge is 2.28. The van der Waals surface area contributed by atoms with Crippen LogP contribution in [0.2, 0.25) is 0 Å². The molecule has 2 aromatic heterocycles. The van der Waals surface area contributed by atoms with Gasteiger partial charge in [0.1, 0.15) is 26.3 Å². The molecule has 0 aliphatic rings. The van der Waals surface area contributed by atoms with Gasteiger partial charge in [0.15, 0.2) is 0 Å². The summed E-state index contributed by atoms with van der Waals surface area (Å²) >= 11 is 0. The van der Waals surface area contributed by atoms with E-state index in [0.717, 1.165) is 101 Å². The molecule has 2 aromatic carbocycles. The number of hydrogen-bond donors (Lipinski definition) is 0. The van der Waals surface area contributed by atoms with Gasteiger partial charge in [0.25, 0.3) is 0 Å². The van der Waals surface area contributed by atoms with Crippen molar-refractivity contribution >= 4 is 21.5 Å². The predicted octanol–water partition coefficient (Wildman–Crippen LogP) is 7.04. The first-order chi connectivity index (χ1) is 19.7. The Morgan fingerprint density at radius 1 is 0.610 bits per heavy atom. The maximum absolute atomic E-state index is 6.34. The Morgan fingerprint density at radius 3 is 1.44 bits per heavy atom. The van der Waals surface area contributed by atoms with Gasteiger partial charge in [-0.2, -0.15) is 0 Å². The lowest BCUT2D eigenvalue weighted by atomic mass is 10.1. The van der Waals surface area contributed by atoms with Crippen LogP contribution < -0.4 is 9.47 Å². The van der Waals surface area contributed by atoms with E-state index in [4.69, 9.17) is 19.4 Å². The maximum atomic E-state index is 6.34. The van der Waals surface area contributed by atoms with Crippen molar-refractivity contribution in [1.82, 2.24) is 9.97 Å². The summed E-state index contributed by atoms with van der Waals surface area (Å²) in [5.41, 5.74) is 2.23. The van der Waals surface area contributed by atoms with Gasteiger partial charge in [-0.1, -0.05) is 63.1 Å². The number of rotatable bonds is 16. The van der Waals surface area contributed by atoms with Crippen LogP contribution in [0.15, 0.2) is 60.7 Å². The van der Waals surface area contributed by atoms with E-state index in [2.05, 4.69) is 103 Å². The standard InChI is InChI=1S/C35H50N4O2/c1-7-9-17-30-25-28-15-11-13-19-32(28)34(36-30)40-23-21-38(3,4)27-39(5,6)22-24-41-35-33-20-14-12-16-29(33)26-31(37-35)18-10-8-2/h11-16,19-20,25-26H,7-10,17-18,21-24,27H2,1-6H3/q+2. The Hall–Kier alpha value is -3.22. The molecule has 0 bridgehead atoms. The average molecular weight is 559 g/mol. The Kier molecular flexibility index (Phi) is 10.6. The SMILES string of the molecule is CCCCc1cc2ccccc2c(OCC[N+](C)(C)C[N+](C)(C)CCOc2nc(CCCC)cc3ccccc23)n1. The Bertz CT molecular complexity index is 1310. The molecule has 6 nitrogen and oxygen atoms in total. The fraction of sp³-hybridized carbons (Fsp3) is 0.486. The molecule has 0 aliphatic carbocycles. The molecule has 4 aromatic rings. The number of benzene rings is 2. The number of pyridine rings is 2. The Labute approximate surface area is 247 Å². The van der Waals surface area contributed by atoms with E-state index in [9.17, 15) is 0 Å². The number of quaternary nitrogens is 2. The van der Waals surface area contributed by atoms with Crippen molar-refractivity contribution in [1.29, 1.82) is 0 Å². The van der Waals surface area contributed by atoms with Crippen molar-refractivity contribution in [2.75, 3.05) is 61.2 Å². The van der Waals surface area contributed by atoms with E-state index < -0.39 is 0 Å². The summed E-state index contributed by atoms with van der Waals surface area (Å²) in [5, 5.41) is 4.58. The van der Waals surface area contributed by atoms with Crippen LogP contribution in [0, 0.1) is 0 Å². The van der Waals surface area contributed by atoms with Crippen LogP contribution >= 0.6 is 0 Å². The van der Waals surface area contributed by atoms with Gasteiger partial charge in [-0.25, -0.2) is 9.97 Å². The summed E-state index contributed by atoms with van der Waals surface area (Å²) in [6.07, 6.45) is 6.58. The van der Waals surface area contributed by atoms with Crippen molar-refractivity contribution in [3.63, 3.8) is 0 Å². The topological polar surface area (TPSA) is 44.2 Å². The number of unbranched alkanes of at least 4 members (excludes halogenated alkanes) is 2. The van der Waals surface area contributed by atoms with E-state index in [1.807, 2.05) is 0 Å². The van der Waals surface area contributed by atoms with Crippen LogP contribution in [0.5, 0.6) is 11.8 Å². The van der Waals surface area contributed by atoms with Gasteiger partial charge in [-0.3, -0.25) is 8.97 Å². The summed E-state index contributed by atoms with van der Waals surface area (Å²) in [5.74, 6) is 1.52. The van der Waals surface area contributed by atoms with Crippen LogP contribution in [-0.4, -0.2) is 80.1 Å². The highest BCUT2D eigenvalue weighted by Crippen LogP contribution is 2.27. The summed E-state index contributed by atoms with van der Waals surface area (Å²) in [6.45, 7) is 8.43. The van der Waals surface area contributed by atoms with Crippen molar-refractivity contribution < 1.29 is 18.4 Å². The molecule has 2 heterocycles. The lowest BCUT2D eigenvalue weighted by Gasteiger charge is -2.38. The normalized spacial score (nSPS) is 12.2. The van der Waals surface area contributed by atoms with Gasteiger partial charge in [0, 0.05) is 22.2 Å². The highest BCUT2D eigenvalue weighted by molar-refractivity contribution is 5.87. The monoisotopic (exact) mass is 558 g/mol. The summed E-state index contributed by atoms with van der Waals surface area (Å²) in [6, 6.07) is 21.2. The molecule has 0 aliphatic heterocycles. The van der Waals surface area contributed by atoms with E-state index in [-0.39, 0.29) is 0 Å². The zero-order chi connectivity index (χ0) is 29.3. The molecule has 0 fully saturated rings. The average Bonchev–Trinajstić information content (AvgIpc) is 2.94. The zero-order valence-electron chi connectivity index (χ0n) is 26.2. The predicted molar refractivity (Wildman–Crippen MR) is 171 cm³/mol. The van der Waals surface area contributed by atoms with Gasteiger partial charge in [0.05, 0.1) is 28.2 Å². The van der Waals surface area contributed by atoms with Crippen LogP contribution in [0.3, 0.4) is 0 Å². The van der Waals surface area contributed by atoms with Crippen LogP contribution in [0.4, 0.5) is 0 Å². The molecule has 220 valence electrons. The number of aryl methyl sites for hydroxylation is 2. The third kappa shape index (κ3) is 8.88. The first-order valence-corrected chi connectivity index (χ1v) is 15.4. The Morgan fingerprint density at radius 2 is 1.02 bits per heavy atom. The summed E-state index contributed by atoms with van der Waals surface area (Å²) in [4.78, 5) is 9.78. The zero-order valence-corrected chi connectivity index (χ0v) is 26.2. The lowest BCUT2D eigenvalue weighted by Crippen LogP contribution is -2.57. The second-order valence-corrected chi connectivity index (χ2v) is 12.6. The summed E-state index contributed by atoms with van der Waals surface area (Å²) < 4.78 is 14.4. The van der Waals surface area contributed by atoms with Crippen LogP contribution in [-0.2, 0) is 12.8 Å². The number of hydrogen-bond acceptors (Lipinski definition) is 4. The molecule has 0 unspecified atom stereocenters. The molecule has 0 spiro atoms. The van der Waals surface area contributed by atoms with Crippen molar-refractivity contribution in [2.45, 2.75) is 52.4 Å². The minimum absolute atomic E-state index is 0.623. The number of likely N-dealkylation sites (N-methyl/N-ethyl adjacent to an activating group) is 2. The number of nitrogens with zero attached hydrogens (tertiary/aromatic N) is 4. The van der Waals surface area contributed by atoms with E-state index in [0.29, 0.717) is 13.2 Å². The van der Waals surface area contributed by atoms with Crippen molar-refractivity contribution in [2.24, 2.45) is 0 Å². The third-order valence-electron chi connectivity index (χ3n) is 7.73. The third-order valence-corrected chi connectivity index (χ3v) is 7.73. The smallest absolute Gasteiger partial charge is 0.221 e. The lowest BCUT2D eigenvalue weighted by molar-refractivity contribution is -1.07. The quantitative estimate of drug-likeness (QED) is 0.109. The van der Waals surface area contributed by atoms with Gasteiger partial charge in [0.2, 0.25) is 18.4 Å². The molecular formula is C35H50N4O2+2. The first-order valence-electron chi connectivity index (χ1n) is 15.4. The molecule has 0 saturated carbocycles. The minimum Gasteiger partial charge on any atom is -0.471 e. The molecule has 41 heavy (non-hydrogen) atoms. The number of aromatic nitrogens is 2. The molecule has 0 radical (unpaired) electrons. The van der Waals surface area contributed by atoms with Gasteiger partial charge in [-0.15, -0.1) is 0 Å². The molecule has 4 rings (SSSR count). The number of ether oxygens (including phenoxy) is 2. The maximum Gasteiger partial charge on any atom is 0.221 e. The van der Waals surface area contributed by atoms with Gasteiger partial charge < -0.3 is 9.47 Å². The second kappa shape index (κ2) is 14.1. The van der Waals surface area contributed by atoms with Gasteiger partial charge >= 0.3 is 0 Å². The molecular weight excluding hydrogens is 508 g/mol. The van der Waals surface area contributed by atoms with E-state index in [1.54, 1.807) is 0 Å². The molecule has 0 amide bonds. The fourth-order valence-corrected chi connectivity index (χ4v) is 5.59. The number of fused-ring (bicyclic) bond motifs is 2. The second-order valence-electron chi connectivity index (χ2n) is 12.6. The van der Waals surface area contributed by atoms with E-state index in [1.165, 1.54) is 10.8 Å². The molecule has 0 atom stereocenters. The van der Waals surface area contributed by atoms with E-state index >= 15 is 0 Å². The summed E-state index contributed by atoms with van der Waals surface area (Å²) in [7, 11) is 9.11. The van der Waals surface area contributed by atoms with Crippen molar-refractivity contribution in [3.8, 4) is 11.8 Å². The minimum atomic E-state index is 0.623. The Balaban J connectivity index is 1.34. The van der Waals surface area contributed by atoms with Gasteiger partial charge in [-0.05, 0) is 60.7 Å². The first kappa shape index (κ1) is 30.7.